The average molecular weight is 323 g/mol. The van der Waals surface area contributed by atoms with Crippen LogP contribution in [0.2, 0.25) is 0 Å². The molecule has 2 aromatic carbocycles. The van der Waals surface area contributed by atoms with Crippen molar-refractivity contribution in [3.63, 3.8) is 0 Å². The van der Waals surface area contributed by atoms with Gasteiger partial charge in [-0.05, 0) is 30.5 Å². The predicted octanol–water partition coefficient (Wildman–Crippen LogP) is 3.12. The predicted molar refractivity (Wildman–Crippen MR) is 101 cm³/mol. The molecule has 1 aliphatic heterocycles. The number of nitrogens with zero attached hydrogens (tertiary/aromatic N) is 2. The lowest BCUT2D eigenvalue weighted by Gasteiger charge is -2.39. The molecule has 128 valence electrons. The molecule has 0 bridgehead atoms. The van der Waals surface area contributed by atoms with Gasteiger partial charge in [0.05, 0.1) is 0 Å². The van der Waals surface area contributed by atoms with Crippen LogP contribution in [0.15, 0.2) is 48.5 Å². The molecule has 1 aliphatic rings. The highest BCUT2D eigenvalue weighted by molar-refractivity contribution is 5.33. The number of nitrogens with two attached hydrogens (primary N) is 1. The summed E-state index contributed by atoms with van der Waals surface area (Å²) >= 11 is 0. The van der Waals surface area contributed by atoms with Crippen molar-refractivity contribution < 1.29 is 0 Å². The molecule has 0 aliphatic carbocycles. The van der Waals surface area contributed by atoms with Gasteiger partial charge in [0.2, 0.25) is 0 Å². The summed E-state index contributed by atoms with van der Waals surface area (Å²) in [6.07, 6.45) is 0. The minimum Gasteiger partial charge on any atom is -0.329 e. The zero-order valence-electron chi connectivity index (χ0n) is 14.9. The molecule has 1 saturated heterocycles. The van der Waals surface area contributed by atoms with E-state index in [4.69, 9.17) is 5.73 Å². The summed E-state index contributed by atoms with van der Waals surface area (Å²) in [4.78, 5) is 5.10. The van der Waals surface area contributed by atoms with Gasteiger partial charge in [0.25, 0.3) is 0 Å². The van der Waals surface area contributed by atoms with Crippen LogP contribution < -0.4 is 5.73 Å². The molecule has 0 radical (unpaired) electrons. The van der Waals surface area contributed by atoms with Crippen molar-refractivity contribution in [2.24, 2.45) is 5.73 Å². The van der Waals surface area contributed by atoms with E-state index in [2.05, 4.69) is 72.2 Å². The van der Waals surface area contributed by atoms with Crippen molar-refractivity contribution in [2.75, 3.05) is 32.7 Å². The van der Waals surface area contributed by atoms with E-state index < -0.39 is 0 Å². The molecule has 2 aromatic rings. The summed E-state index contributed by atoms with van der Waals surface area (Å²) in [5.41, 5.74) is 11.6. The Kier molecular flexibility index (Phi) is 5.67. The Hall–Kier alpha value is -1.68. The molecule has 0 aromatic heterocycles. The van der Waals surface area contributed by atoms with E-state index in [0.717, 1.165) is 32.7 Å². The van der Waals surface area contributed by atoms with E-state index in [9.17, 15) is 0 Å². The van der Waals surface area contributed by atoms with Gasteiger partial charge in [0, 0.05) is 45.3 Å². The minimum absolute atomic E-state index is 0.337. The lowest BCUT2D eigenvalue weighted by Crippen LogP contribution is -2.48. The van der Waals surface area contributed by atoms with E-state index in [1.165, 1.54) is 22.3 Å². The molecule has 1 unspecified atom stereocenters. The number of aryl methyl sites for hydroxylation is 2. The normalized spacial score (nSPS) is 17.8. The van der Waals surface area contributed by atoms with Crippen LogP contribution in [-0.4, -0.2) is 42.5 Å². The van der Waals surface area contributed by atoms with E-state index in [1.807, 2.05) is 0 Å². The van der Waals surface area contributed by atoms with Crippen LogP contribution in [0.4, 0.5) is 0 Å². The minimum atomic E-state index is 0.337. The second-order valence-electron chi connectivity index (χ2n) is 6.91. The SMILES string of the molecule is Cc1ccc(C)c(C(CN)N2CCN(Cc3ccccc3)CC2)c1. The lowest BCUT2D eigenvalue weighted by atomic mass is 9.97. The third kappa shape index (κ3) is 4.04. The fraction of sp³-hybridized carbons (Fsp3) is 0.429. The van der Waals surface area contributed by atoms with Gasteiger partial charge in [-0.25, -0.2) is 0 Å². The molecule has 24 heavy (non-hydrogen) atoms. The Labute approximate surface area is 146 Å². The molecule has 3 rings (SSSR count). The Morgan fingerprint density at radius 2 is 1.67 bits per heavy atom. The van der Waals surface area contributed by atoms with E-state index in [-0.39, 0.29) is 0 Å². The van der Waals surface area contributed by atoms with Gasteiger partial charge in [0.1, 0.15) is 0 Å². The molecule has 3 nitrogen and oxygen atoms in total. The topological polar surface area (TPSA) is 32.5 Å². The Balaban J connectivity index is 1.63. The van der Waals surface area contributed by atoms with Gasteiger partial charge in [-0.3, -0.25) is 9.80 Å². The smallest absolute Gasteiger partial charge is 0.0474 e. The quantitative estimate of drug-likeness (QED) is 0.917. The van der Waals surface area contributed by atoms with Crippen molar-refractivity contribution in [3.8, 4) is 0 Å². The second-order valence-corrected chi connectivity index (χ2v) is 6.91. The molecular formula is C21H29N3. The van der Waals surface area contributed by atoms with E-state index >= 15 is 0 Å². The summed E-state index contributed by atoms with van der Waals surface area (Å²) in [5, 5.41) is 0. The van der Waals surface area contributed by atoms with E-state index in [0.29, 0.717) is 12.6 Å². The molecular weight excluding hydrogens is 294 g/mol. The second kappa shape index (κ2) is 7.93. The first-order valence-corrected chi connectivity index (χ1v) is 8.95. The van der Waals surface area contributed by atoms with Crippen LogP contribution in [0.3, 0.4) is 0 Å². The fourth-order valence-corrected chi connectivity index (χ4v) is 3.67. The maximum absolute atomic E-state index is 6.16. The molecule has 1 heterocycles. The molecule has 0 amide bonds. The third-order valence-corrected chi connectivity index (χ3v) is 5.11. The number of hydrogen-bond donors (Lipinski definition) is 1. The first-order valence-electron chi connectivity index (χ1n) is 8.95. The summed E-state index contributed by atoms with van der Waals surface area (Å²) in [7, 11) is 0. The summed E-state index contributed by atoms with van der Waals surface area (Å²) < 4.78 is 0. The number of rotatable bonds is 5. The molecule has 3 heteroatoms. The molecule has 0 spiro atoms. The Bertz CT molecular complexity index is 645. The van der Waals surface area contributed by atoms with Crippen LogP contribution in [-0.2, 0) is 6.54 Å². The Morgan fingerprint density at radius 1 is 0.958 bits per heavy atom. The zero-order chi connectivity index (χ0) is 16.9. The molecule has 2 N–H and O–H groups in total. The first-order chi connectivity index (χ1) is 11.7. The van der Waals surface area contributed by atoms with Crippen molar-refractivity contribution >= 4 is 0 Å². The third-order valence-electron chi connectivity index (χ3n) is 5.11. The zero-order valence-corrected chi connectivity index (χ0v) is 14.9. The largest absolute Gasteiger partial charge is 0.329 e. The van der Waals surface area contributed by atoms with Gasteiger partial charge < -0.3 is 5.73 Å². The Morgan fingerprint density at radius 3 is 2.33 bits per heavy atom. The number of benzene rings is 2. The van der Waals surface area contributed by atoms with Crippen LogP contribution in [0.5, 0.6) is 0 Å². The highest BCUT2D eigenvalue weighted by Gasteiger charge is 2.25. The number of hydrogen-bond acceptors (Lipinski definition) is 3. The standard InChI is InChI=1S/C21H29N3/c1-17-8-9-18(2)20(14-17)21(15-22)24-12-10-23(11-13-24)16-19-6-4-3-5-7-19/h3-9,14,21H,10-13,15-16,22H2,1-2H3. The monoisotopic (exact) mass is 323 g/mol. The summed E-state index contributed by atoms with van der Waals surface area (Å²) in [6, 6.07) is 17.8. The van der Waals surface area contributed by atoms with Crippen molar-refractivity contribution in [3.05, 3.63) is 70.8 Å². The van der Waals surface area contributed by atoms with Gasteiger partial charge in [-0.2, -0.15) is 0 Å². The molecule has 0 saturated carbocycles. The van der Waals surface area contributed by atoms with Gasteiger partial charge in [-0.1, -0.05) is 54.1 Å². The maximum Gasteiger partial charge on any atom is 0.0474 e. The van der Waals surface area contributed by atoms with Crippen molar-refractivity contribution in [1.29, 1.82) is 0 Å². The first kappa shape index (κ1) is 17.2. The fourth-order valence-electron chi connectivity index (χ4n) is 3.67. The average Bonchev–Trinajstić information content (AvgIpc) is 2.61. The maximum atomic E-state index is 6.16. The van der Waals surface area contributed by atoms with Gasteiger partial charge in [0.15, 0.2) is 0 Å². The van der Waals surface area contributed by atoms with Crippen LogP contribution in [0, 0.1) is 13.8 Å². The highest BCUT2D eigenvalue weighted by atomic mass is 15.3. The highest BCUT2D eigenvalue weighted by Crippen LogP contribution is 2.25. The molecule has 1 atom stereocenters. The van der Waals surface area contributed by atoms with Crippen LogP contribution in [0.25, 0.3) is 0 Å². The van der Waals surface area contributed by atoms with Gasteiger partial charge in [-0.15, -0.1) is 0 Å². The van der Waals surface area contributed by atoms with E-state index in [1.54, 1.807) is 0 Å². The van der Waals surface area contributed by atoms with Crippen molar-refractivity contribution in [2.45, 2.75) is 26.4 Å². The lowest BCUT2D eigenvalue weighted by molar-refractivity contribution is 0.0939. The summed E-state index contributed by atoms with van der Waals surface area (Å²) in [5.74, 6) is 0. The number of piperazine rings is 1. The summed E-state index contributed by atoms with van der Waals surface area (Å²) in [6.45, 7) is 10.5. The van der Waals surface area contributed by atoms with Crippen LogP contribution >= 0.6 is 0 Å². The van der Waals surface area contributed by atoms with Gasteiger partial charge >= 0.3 is 0 Å². The van der Waals surface area contributed by atoms with Crippen LogP contribution in [0.1, 0.15) is 28.3 Å². The van der Waals surface area contributed by atoms with Crippen molar-refractivity contribution in [1.82, 2.24) is 9.80 Å². The molecule has 1 fully saturated rings.